The molecule has 1 aliphatic heterocycles. The number of benzene rings is 1. The molecule has 2 heterocycles. The summed E-state index contributed by atoms with van der Waals surface area (Å²) in [6, 6.07) is 5.99. The molecule has 8 heteroatoms. The Hall–Kier alpha value is -2.09. The van der Waals surface area contributed by atoms with E-state index in [1.54, 1.807) is 16.3 Å². The van der Waals surface area contributed by atoms with Crippen molar-refractivity contribution in [1.29, 1.82) is 0 Å². The van der Waals surface area contributed by atoms with E-state index in [2.05, 4.69) is 10.6 Å². The number of carbonyl (C=O) groups is 2. The lowest BCUT2D eigenvalue weighted by Gasteiger charge is -2.20. The second kappa shape index (κ2) is 7.86. The van der Waals surface area contributed by atoms with E-state index in [9.17, 15) is 14.7 Å². The van der Waals surface area contributed by atoms with Crippen LogP contribution < -0.4 is 10.6 Å². The minimum absolute atomic E-state index is 0.0967. The second-order valence-electron chi connectivity index (χ2n) is 5.67. The molecule has 0 unspecified atom stereocenters. The molecule has 2 aromatic rings. The van der Waals surface area contributed by atoms with Crippen molar-refractivity contribution in [2.75, 3.05) is 31.5 Å². The summed E-state index contributed by atoms with van der Waals surface area (Å²) in [4.78, 5) is 26.9. The van der Waals surface area contributed by atoms with Crippen LogP contribution in [0.3, 0.4) is 0 Å². The van der Waals surface area contributed by atoms with E-state index in [1.165, 1.54) is 29.5 Å². The third-order valence-electron chi connectivity index (χ3n) is 3.95. The number of hydrogen-bond acceptors (Lipinski definition) is 5. The molecule has 0 spiro atoms. The Morgan fingerprint density at radius 2 is 2.04 bits per heavy atom. The highest BCUT2D eigenvalue weighted by molar-refractivity contribution is 7.14. The number of anilines is 1. The summed E-state index contributed by atoms with van der Waals surface area (Å²) in [5, 5.41) is 18.4. The summed E-state index contributed by atoms with van der Waals surface area (Å²) in [5.74, 6) is -0.781. The third-order valence-corrected chi connectivity index (χ3v) is 5.02. The summed E-state index contributed by atoms with van der Waals surface area (Å²) in [7, 11) is 0. The lowest BCUT2D eigenvalue weighted by atomic mass is 10.2. The Morgan fingerprint density at radius 3 is 2.84 bits per heavy atom. The van der Waals surface area contributed by atoms with Gasteiger partial charge in [0.1, 0.15) is 10.8 Å². The van der Waals surface area contributed by atoms with Crippen molar-refractivity contribution in [3.63, 3.8) is 0 Å². The first kappa shape index (κ1) is 17.7. The highest BCUT2D eigenvalue weighted by Gasteiger charge is 2.22. The van der Waals surface area contributed by atoms with Gasteiger partial charge < -0.3 is 20.6 Å². The summed E-state index contributed by atoms with van der Waals surface area (Å²) in [5.41, 5.74) is 0.573. The van der Waals surface area contributed by atoms with Gasteiger partial charge in [-0.2, -0.15) is 0 Å². The van der Waals surface area contributed by atoms with Crippen LogP contribution in [0, 0.1) is 0 Å². The molecule has 1 aromatic carbocycles. The van der Waals surface area contributed by atoms with Crippen LogP contribution in [-0.2, 0) is 0 Å². The smallest absolute Gasteiger partial charge is 0.260 e. The quantitative estimate of drug-likeness (QED) is 0.766. The zero-order valence-corrected chi connectivity index (χ0v) is 15.0. The van der Waals surface area contributed by atoms with Crippen molar-refractivity contribution in [1.82, 2.24) is 10.2 Å². The van der Waals surface area contributed by atoms with Crippen LogP contribution >= 0.6 is 22.9 Å². The van der Waals surface area contributed by atoms with Gasteiger partial charge in [0.25, 0.3) is 11.8 Å². The Bertz CT molecular complexity index is 785. The van der Waals surface area contributed by atoms with Crippen LogP contribution in [0.2, 0.25) is 5.02 Å². The minimum atomic E-state index is -0.483. The van der Waals surface area contributed by atoms with Crippen molar-refractivity contribution >= 4 is 39.8 Å². The number of rotatable bonds is 3. The van der Waals surface area contributed by atoms with Crippen LogP contribution in [0.5, 0.6) is 5.75 Å². The number of amides is 2. The van der Waals surface area contributed by atoms with Crippen molar-refractivity contribution < 1.29 is 14.7 Å². The Kier molecular flexibility index (Phi) is 5.57. The molecule has 1 saturated heterocycles. The molecule has 0 bridgehead atoms. The maximum absolute atomic E-state index is 12.8. The van der Waals surface area contributed by atoms with Crippen LogP contribution in [0.4, 0.5) is 5.00 Å². The first-order chi connectivity index (χ1) is 12.1. The molecule has 3 N–H and O–H groups in total. The third kappa shape index (κ3) is 4.12. The summed E-state index contributed by atoms with van der Waals surface area (Å²) in [6.07, 6.45) is 0.899. The molecule has 6 nitrogen and oxygen atoms in total. The molecule has 0 atom stereocenters. The van der Waals surface area contributed by atoms with Gasteiger partial charge in [-0.3, -0.25) is 9.59 Å². The van der Waals surface area contributed by atoms with E-state index in [1.807, 2.05) is 0 Å². The fraction of sp³-hybridized carbons (Fsp3) is 0.294. The monoisotopic (exact) mass is 379 g/mol. The number of halogens is 1. The molecule has 0 radical (unpaired) electrons. The van der Waals surface area contributed by atoms with Gasteiger partial charge in [-0.25, -0.2) is 0 Å². The van der Waals surface area contributed by atoms with Crippen molar-refractivity contribution in [2.45, 2.75) is 6.42 Å². The second-order valence-corrected chi connectivity index (χ2v) is 7.03. The van der Waals surface area contributed by atoms with Gasteiger partial charge in [0, 0.05) is 24.7 Å². The largest absolute Gasteiger partial charge is 0.507 e. The predicted molar refractivity (Wildman–Crippen MR) is 98.8 cm³/mol. The van der Waals surface area contributed by atoms with Crippen LogP contribution in [0.15, 0.2) is 29.6 Å². The SMILES string of the molecule is O=C(Nc1sccc1C(=O)N1CCCNCC1)c1ccc(Cl)cc1O. The van der Waals surface area contributed by atoms with Gasteiger partial charge in [-0.05, 0) is 42.6 Å². The van der Waals surface area contributed by atoms with E-state index in [0.717, 1.165) is 19.5 Å². The Balaban J connectivity index is 1.77. The van der Waals surface area contributed by atoms with Crippen LogP contribution in [-0.4, -0.2) is 48.0 Å². The number of nitrogens with zero attached hydrogens (tertiary/aromatic N) is 1. The maximum atomic E-state index is 12.8. The number of hydrogen-bond donors (Lipinski definition) is 3. The number of carbonyl (C=O) groups excluding carboxylic acids is 2. The average molecular weight is 380 g/mol. The molecule has 132 valence electrons. The van der Waals surface area contributed by atoms with Crippen LogP contribution in [0.25, 0.3) is 0 Å². The van der Waals surface area contributed by atoms with Gasteiger partial charge in [0.2, 0.25) is 0 Å². The van der Waals surface area contributed by atoms with E-state index < -0.39 is 5.91 Å². The average Bonchev–Trinajstić information content (AvgIpc) is 2.86. The number of phenols is 1. The highest BCUT2D eigenvalue weighted by Crippen LogP contribution is 2.28. The molecule has 1 fully saturated rings. The molecular weight excluding hydrogens is 362 g/mol. The minimum Gasteiger partial charge on any atom is -0.507 e. The molecule has 25 heavy (non-hydrogen) atoms. The van der Waals surface area contributed by atoms with Gasteiger partial charge in [-0.1, -0.05) is 11.6 Å². The fourth-order valence-electron chi connectivity index (χ4n) is 2.66. The summed E-state index contributed by atoms with van der Waals surface area (Å²) < 4.78 is 0. The van der Waals surface area contributed by atoms with Gasteiger partial charge in [0.15, 0.2) is 0 Å². The first-order valence-electron chi connectivity index (χ1n) is 7.93. The Morgan fingerprint density at radius 1 is 1.20 bits per heavy atom. The molecule has 0 saturated carbocycles. The molecule has 0 aliphatic carbocycles. The van der Waals surface area contributed by atoms with Crippen molar-refractivity contribution in [3.05, 3.63) is 45.8 Å². The van der Waals surface area contributed by atoms with Gasteiger partial charge in [0.05, 0.1) is 11.1 Å². The van der Waals surface area contributed by atoms with E-state index in [4.69, 9.17) is 11.6 Å². The Labute approximate surface area is 154 Å². The highest BCUT2D eigenvalue weighted by atomic mass is 35.5. The number of phenolic OH excluding ortho intramolecular Hbond substituents is 1. The zero-order valence-electron chi connectivity index (χ0n) is 13.4. The first-order valence-corrected chi connectivity index (χ1v) is 9.19. The van der Waals surface area contributed by atoms with Crippen molar-refractivity contribution in [3.8, 4) is 5.75 Å². The lowest BCUT2D eigenvalue weighted by Crippen LogP contribution is -2.34. The zero-order chi connectivity index (χ0) is 17.8. The molecule has 1 aliphatic rings. The molecule has 1 aromatic heterocycles. The molecule has 2 amide bonds. The van der Waals surface area contributed by atoms with Crippen LogP contribution in [0.1, 0.15) is 27.1 Å². The summed E-state index contributed by atoms with van der Waals surface area (Å²) in [6.45, 7) is 2.98. The maximum Gasteiger partial charge on any atom is 0.260 e. The summed E-state index contributed by atoms with van der Waals surface area (Å²) >= 11 is 7.06. The predicted octanol–water partition coefficient (Wildman–Crippen LogP) is 2.79. The van der Waals surface area contributed by atoms with E-state index in [0.29, 0.717) is 28.7 Å². The fourth-order valence-corrected chi connectivity index (χ4v) is 3.60. The number of thiophene rings is 1. The van der Waals surface area contributed by atoms with Gasteiger partial charge >= 0.3 is 0 Å². The standard InChI is InChI=1S/C17H18ClN3O3S/c18-11-2-3-12(14(22)10-11)15(23)20-16-13(4-9-25-16)17(24)21-7-1-5-19-6-8-21/h2-4,9-10,19,22H,1,5-8H2,(H,20,23). The normalized spacial score (nSPS) is 14.8. The molecule has 3 rings (SSSR count). The van der Waals surface area contributed by atoms with E-state index >= 15 is 0 Å². The lowest BCUT2D eigenvalue weighted by molar-refractivity contribution is 0.0768. The topological polar surface area (TPSA) is 81.7 Å². The number of aromatic hydroxyl groups is 1. The number of nitrogens with one attached hydrogen (secondary N) is 2. The van der Waals surface area contributed by atoms with E-state index in [-0.39, 0.29) is 17.2 Å². The van der Waals surface area contributed by atoms with Gasteiger partial charge in [-0.15, -0.1) is 11.3 Å². The van der Waals surface area contributed by atoms with Crippen molar-refractivity contribution in [2.24, 2.45) is 0 Å². The molecular formula is C17H18ClN3O3S.